The van der Waals surface area contributed by atoms with Crippen molar-refractivity contribution in [3.63, 3.8) is 0 Å². The van der Waals surface area contributed by atoms with Gasteiger partial charge in [-0.3, -0.25) is 0 Å². The lowest BCUT2D eigenvalue weighted by Crippen LogP contribution is -2.43. The second kappa shape index (κ2) is 12.4. The Balaban J connectivity index is 1.73. The summed E-state index contributed by atoms with van der Waals surface area (Å²) in [4.78, 5) is 6.77. The number of aromatic nitrogens is 1. The molecule has 0 bridgehead atoms. The van der Waals surface area contributed by atoms with Crippen LogP contribution in [0.4, 0.5) is 10.2 Å². The van der Waals surface area contributed by atoms with Crippen molar-refractivity contribution in [2.75, 3.05) is 37.5 Å². The van der Waals surface area contributed by atoms with Gasteiger partial charge in [-0.25, -0.2) is 9.37 Å². The third-order valence-corrected chi connectivity index (χ3v) is 6.72. The average molecular weight is 544 g/mol. The maximum absolute atomic E-state index is 13.6. The second-order valence-corrected chi connectivity index (χ2v) is 10.7. The summed E-state index contributed by atoms with van der Waals surface area (Å²) in [7, 11) is -3.64. The smallest absolute Gasteiger partial charge is 0.306 e. The van der Waals surface area contributed by atoms with E-state index in [4.69, 9.17) is 13.7 Å². The molecule has 1 saturated heterocycles. The van der Waals surface area contributed by atoms with E-state index in [-0.39, 0.29) is 17.6 Å². The lowest BCUT2D eigenvalue weighted by atomic mass is 9.99. The minimum Gasteiger partial charge on any atom is -0.493 e. The van der Waals surface area contributed by atoms with E-state index in [0.717, 1.165) is 54.7 Å². The van der Waals surface area contributed by atoms with Crippen LogP contribution < -0.4 is 23.9 Å². The number of benzene rings is 2. The first-order chi connectivity index (χ1) is 18.3. The fourth-order valence-corrected chi connectivity index (χ4v) is 5.10. The van der Waals surface area contributed by atoms with Gasteiger partial charge in [0.05, 0.1) is 31.2 Å². The molecule has 0 spiro atoms. The van der Waals surface area contributed by atoms with E-state index in [1.807, 2.05) is 26.0 Å². The van der Waals surface area contributed by atoms with Crippen LogP contribution in [0.2, 0.25) is 0 Å². The highest BCUT2D eigenvalue weighted by atomic mass is 32.2. The van der Waals surface area contributed by atoms with Crippen LogP contribution in [0, 0.1) is 5.82 Å². The third-order valence-electron chi connectivity index (χ3n) is 6.22. The zero-order valence-corrected chi connectivity index (χ0v) is 22.8. The maximum Gasteiger partial charge on any atom is 0.306 e. The number of piperidine rings is 1. The van der Waals surface area contributed by atoms with Crippen molar-refractivity contribution >= 4 is 15.9 Å². The first-order valence-corrected chi connectivity index (χ1v) is 14.6. The summed E-state index contributed by atoms with van der Waals surface area (Å²) in [6.07, 6.45) is 4.31. The summed E-state index contributed by atoms with van der Waals surface area (Å²) in [5.41, 5.74) is 2.56. The van der Waals surface area contributed by atoms with Crippen molar-refractivity contribution < 1.29 is 26.5 Å². The minimum atomic E-state index is -3.64. The van der Waals surface area contributed by atoms with Crippen molar-refractivity contribution in [2.24, 2.45) is 0 Å². The number of ether oxygens (including phenoxy) is 2. The molecule has 0 unspecified atom stereocenters. The average Bonchev–Trinajstić information content (AvgIpc) is 2.89. The van der Waals surface area contributed by atoms with E-state index in [1.165, 1.54) is 18.3 Å². The molecule has 2 aromatic carbocycles. The normalized spacial score (nSPS) is 14.2. The second-order valence-electron chi connectivity index (χ2n) is 9.09. The van der Waals surface area contributed by atoms with E-state index in [0.29, 0.717) is 31.3 Å². The molecule has 1 aliphatic heterocycles. The number of hydrogen-bond acceptors (Lipinski definition) is 8. The van der Waals surface area contributed by atoms with Crippen LogP contribution in [-0.2, 0) is 16.7 Å². The molecule has 1 aromatic heterocycles. The van der Waals surface area contributed by atoms with Crippen molar-refractivity contribution in [1.29, 1.82) is 0 Å². The number of nitrogens with one attached hydrogen (secondary N) is 1. The highest BCUT2D eigenvalue weighted by Crippen LogP contribution is 2.41. The molecule has 0 radical (unpaired) electrons. The van der Waals surface area contributed by atoms with E-state index in [2.05, 4.69) is 15.2 Å². The molecule has 0 aliphatic carbocycles. The molecule has 1 N–H and O–H groups in total. The summed E-state index contributed by atoms with van der Waals surface area (Å²) in [5.74, 6) is 1.91. The standard InChI is InChI=1S/C28H34FN3O5S/c1-4-35-25-16-20(17-26(36-5-2)28(25)21-6-8-22(29)9-7-21)19-32(23-12-14-30-15-13-23)27-11-10-24(18-31-27)37-38(3,33)34/h6-11,16-18,23,30H,4-5,12-15,19H2,1-3H3. The van der Waals surface area contributed by atoms with Crippen molar-refractivity contribution in [3.8, 4) is 28.4 Å². The Hall–Kier alpha value is -3.37. The molecule has 0 saturated carbocycles. The van der Waals surface area contributed by atoms with Crippen LogP contribution in [-0.4, -0.2) is 52.0 Å². The van der Waals surface area contributed by atoms with Crippen molar-refractivity contribution in [3.05, 3.63) is 66.1 Å². The fourth-order valence-electron chi connectivity index (χ4n) is 4.65. The van der Waals surface area contributed by atoms with E-state index < -0.39 is 10.1 Å². The molecule has 38 heavy (non-hydrogen) atoms. The molecule has 0 amide bonds. The molecule has 1 fully saturated rings. The highest BCUT2D eigenvalue weighted by molar-refractivity contribution is 7.86. The Kier molecular flexibility index (Phi) is 9.06. The molecule has 0 atom stereocenters. The number of rotatable bonds is 11. The van der Waals surface area contributed by atoms with Crippen LogP contribution in [0.5, 0.6) is 17.2 Å². The van der Waals surface area contributed by atoms with Gasteiger partial charge >= 0.3 is 10.1 Å². The molecule has 10 heteroatoms. The summed E-state index contributed by atoms with van der Waals surface area (Å²) in [6.45, 7) is 7.10. The van der Waals surface area contributed by atoms with Crippen LogP contribution in [0.3, 0.4) is 0 Å². The van der Waals surface area contributed by atoms with Gasteiger partial charge in [0.2, 0.25) is 0 Å². The lowest BCUT2D eigenvalue weighted by molar-refractivity contribution is 0.325. The van der Waals surface area contributed by atoms with Crippen LogP contribution in [0.25, 0.3) is 11.1 Å². The number of hydrogen-bond donors (Lipinski definition) is 1. The minimum absolute atomic E-state index is 0.169. The van der Waals surface area contributed by atoms with Gasteiger partial charge in [0, 0.05) is 12.6 Å². The first-order valence-electron chi connectivity index (χ1n) is 12.8. The predicted octanol–water partition coefficient (Wildman–Crippen LogP) is 4.78. The number of pyridine rings is 1. The fraction of sp³-hybridized carbons (Fsp3) is 0.393. The number of halogens is 1. The number of nitrogens with zero attached hydrogens (tertiary/aromatic N) is 2. The Morgan fingerprint density at radius 3 is 2.16 bits per heavy atom. The van der Waals surface area contributed by atoms with E-state index >= 15 is 0 Å². The maximum atomic E-state index is 13.6. The highest BCUT2D eigenvalue weighted by Gasteiger charge is 2.24. The van der Waals surface area contributed by atoms with Gasteiger partial charge in [0.1, 0.15) is 23.1 Å². The predicted molar refractivity (Wildman–Crippen MR) is 146 cm³/mol. The summed E-state index contributed by atoms with van der Waals surface area (Å²) in [5, 5.41) is 3.40. The molecule has 3 aromatic rings. The quantitative estimate of drug-likeness (QED) is 0.346. The van der Waals surface area contributed by atoms with E-state index in [1.54, 1.807) is 24.3 Å². The SMILES string of the molecule is CCOc1cc(CN(c2ccc(OS(C)(=O)=O)cn2)C2CCNCC2)cc(OCC)c1-c1ccc(F)cc1. The van der Waals surface area contributed by atoms with Crippen molar-refractivity contribution in [1.82, 2.24) is 10.3 Å². The lowest BCUT2D eigenvalue weighted by Gasteiger charge is -2.36. The zero-order chi connectivity index (χ0) is 27.1. The van der Waals surface area contributed by atoms with Gasteiger partial charge in [-0.05, 0) is 87.3 Å². The van der Waals surface area contributed by atoms with Crippen molar-refractivity contribution in [2.45, 2.75) is 39.3 Å². The summed E-state index contributed by atoms with van der Waals surface area (Å²) < 4.78 is 53.7. The summed E-state index contributed by atoms with van der Waals surface area (Å²) >= 11 is 0. The van der Waals surface area contributed by atoms with Gasteiger partial charge in [0.15, 0.2) is 5.75 Å². The molecular formula is C28H34FN3O5S. The molecule has 204 valence electrons. The van der Waals surface area contributed by atoms with Gasteiger partial charge < -0.3 is 23.9 Å². The van der Waals surface area contributed by atoms with Crippen LogP contribution >= 0.6 is 0 Å². The summed E-state index contributed by atoms with van der Waals surface area (Å²) in [6, 6.07) is 13.9. The Morgan fingerprint density at radius 1 is 1.00 bits per heavy atom. The third kappa shape index (κ3) is 7.14. The van der Waals surface area contributed by atoms with Gasteiger partial charge in [-0.1, -0.05) is 12.1 Å². The topological polar surface area (TPSA) is 90.0 Å². The number of anilines is 1. The molecule has 1 aliphatic rings. The van der Waals surface area contributed by atoms with Crippen LogP contribution in [0.15, 0.2) is 54.7 Å². The van der Waals surface area contributed by atoms with Gasteiger partial charge in [-0.15, -0.1) is 0 Å². The Bertz CT molecular complexity index is 1280. The van der Waals surface area contributed by atoms with E-state index in [9.17, 15) is 12.8 Å². The Morgan fingerprint density at radius 2 is 1.63 bits per heavy atom. The molecule has 8 nitrogen and oxygen atoms in total. The largest absolute Gasteiger partial charge is 0.493 e. The van der Waals surface area contributed by atoms with Gasteiger partial charge in [-0.2, -0.15) is 8.42 Å². The molecule has 4 rings (SSSR count). The zero-order valence-electron chi connectivity index (χ0n) is 21.9. The molecular weight excluding hydrogens is 509 g/mol. The Labute approximate surface area is 223 Å². The monoisotopic (exact) mass is 543 g/mol. The molecule has 2 heterocycles. The first kappa shape index (κ1) is 27.7. The van der Waals surface area contributed by atoms with Crippen LogP contribution in [0.1, 0.15) is 32.3 Å². The van der Waals surface area contributed by atoms with Gasteiger partial charge in [0.25, 0.3) is 0 Å².